The van der Waals surface area contributed by atoms with E-state index in [2.05, 4.69) is 4.98 Å². The molecule has 7 nitrogen and oxygen atoms in total. The van der Waals surface area contributed by atoms with Gasteiger partial charge in [0.2, 0.25) is 10.0 Å². The molecular formula is C23H19N3O4S2. The molecule has 9 heteroatoms. The van der Waals surface area contributed by atoms with Crippen LogP contribution in [0.2, 0.25) is 0 Å². The Labute approximate surface area is 187 Å². The number of nitrogens with two attached hydrogens (primary N) is 1. The summed E-state index contributed by atoms with van der Waals surface area (Å²) in [7, 11) is -3.81. The smallest absolute Gasteiger partial charge is 0.336 e. The number of aryl methyl sites for hydroxylation is 1. The lowest BCUT2D eigenvalue weighted by Crippen LogP contribution is -2.11. The van der Waals surface area contributed by atoms with Gasteiger partial charge in [-0.2, -0.15) is 0 Å². The van der Waals surface area contributed by atoms with Crippen LogP contribution >= 0.6 is 11.8 Å². The van der Waals surface area contributed by atoms with Gasteiger partial charge in [0, 0.05) is 23.8 Å². The number of fused-ring (bicyclic) bond motifs is 4. The molecule has 0 fully saturated rings. The first-order valence-corrected chi connectivity index (χ1v) is 12.5. The van der Waals surface area contributed by atoms with Gasteiger partial charge in [0.15, 0.2) is 5.16 Å². The van der Waals surface area contributed by atoms with E-state index in [1.54, 1.807) is 6.07 Å². The molecule has 5 aromatic rings. The molecule has 2 heterocycles. The van der Waals surface area contributed by atoms with Crippen molar-refractivity contribution in [3.63, 3.8) is 0 Å². The summed E-state index contributed by atoms with van der Waals surface area (Å²) in [6, 6.07) is 18.0. The number of aromatic nitrogens is 2. The van der Waals surface area contributed by atoms with Gasteiger partial charge in [0.05, 0.1) is 15.9 Å². The van der Waals surface area contributed by atoms with Gasteiger partial charge in [-0.25, -0.2) is 23.3 Å². The fraction of sp³-hybridized carbons (Fsp3) is 0.130. The van der Waals surface area contributed by atoms with Crippen molar-refractivity contribution in [1.82, 2.24) is 9.55 Å². The molecule has 32 heavy (non-hydrogen) atoms. The molecule has 0 radical (unpaired) electrons. The van der Waals surface area contributed by atoms with Crippen molar-refractivity contribution in [1.29, 1.82) is 0 Å². The molecule has 0 saturated carbocycles. The fourth-order valence-electron chi connectivity index (χ4n) is 3.96. The zero-order valence-electron chi connectivity index (χ0n) is 17.1. The van der Waals surface area contributed by atoms with Crippen LogP contribution in [0.4, 0.5) is 0 Å². The Bertz CT molecular complexity index is 1670. The average Bonchev–Trinajstić information content (AvgIpc) is 3.13. The molecule has 0 spiro atoms. The van der Waals surface area contributed by atoms with Crippen molar-refractivity contribution in [3.8, 4) is 0 Å². The number of sulfonamides is 1. The second kappa shape index (κ2) is 7.77. The molecule has 0 amide bonds. The van der Waals surface area contributed by atoms with Crippen LogP contribution in [0.5, 0.6) is 0 Å². The Morgan fingerprint density at radius 3 is 2.69 bits per heavy atom. The second-order valence-corrected chi connectivity index (χ2v) is 9.88. The molecule has 2 aromatic heterocycles. The lowest BCUT2D eigenvalue weighted by molar-refractivity contribution is 0.560. The van der Waals surface area contributed by atoms with Crippen molar-refractivity contribution in [2.45, 2.75) is 29.3 Å². The Morgan fingerprint density at radius 1 is 1.09 bits per heavy atom. The summed E-state index contributed by atoms with van der Waals surface area (Å²) in [4.78, 5) is 16.9. The largest absolute Gasteiger partial charge is 0.423 e. The standard InChI is InChI=1S/C23H19N3O4S2/c1-2-26-19-9-8-16(32(24,28)29)12-18(19)25-23(26)31-13-15-11-21(27)30-20-10-7-14-5-3-4-6-17(14)22(15)20/h3-12H,2,13H2,1H3,(H2,24,28,29). The van der Waals surface area contributed by atoms with E-state index >= 15 is 0 Å². The molecule has 2 N–H and O–H groups in total. The van der Waals surface area contributed by atoms with Gasteiger partial charge in [-0.3, -0.25) is 0 Å². The van der Waals surface area contributed by atoms with Crippen molar-refractivity contribution in [2.24, 2.45) is 5.14 Å². The quantitative estimate of drug-likeness (QED) is 0.236. The van der Waals surface area contributed by atoms with Gasteiger partial charge < -0.3 is 8.98 Å². The number of rotatable bonds is 5. The number of primary sulfonamides is 1. The third-order valence-corrected chi connectivity index (χ3v) is 7.34. The summed E-state index contributed by atoms with van der Waals surface area (Å²) in [5.74, 6) is 0.501. The SMILES string of the molecule is CCn1c(SCc2cc(=O)oc3ccc4ccccc4c23)nc2cc(S(N)(=O)=O)ccc21. The summed E-state index contributed by atoms with van der Waals surface area (Å²) in [6.07, 6.45) is 0. The summed E-state index contributed by atoms with van der Waals surface area (Å²) in [5.41, 5.74) is 2.39. The van der Waals surface area contributed by atoms with Gasteiger partial charge in [0.25, 0.3) is 0 Å². The van der Waals surface area contributed by atoms with E-state index in [1.165, 1.54) is 30.0 Å². The Hall–Kier alpha value is -3.14. The van der Waals surface area contributed by atoms with Gasteiger partial charge in [-0.15, -0.1) is 0 Å². The first-order chi connectivity index (χ1) is 15.3. The van der Waals surface area contributed by atoms with Crippen LogP contribution in [0.3, 0.4) is 0 Å². The molecule has 0 aliphatic heterocycles. The molecule has 0 aliphatic carbocycles. The molecule has 0 unspecified atom stereocenters. The zero-order valence-corrected chi connectivity index (χ0v) is 18.7. The summed E-state index contributed by atoms with van der Waals surface area (Å²) >= 11 is 1.49. The van der Waals surface area contributed by atoms with Gasteiger partial charge >= 0.3 is 5.63 Å². The van der Waals surface area contributed by atoms with E-state index in [0.717, 1.165) is 32.4 Å². The van der Waals surface area contributed by atoms with Crippen LogP contribution in [0.1, 0.15) is 12.5 Å². The number of hydrogen-bond acceptors (Lipinski definition) is 6. The molecule has 162 valence electrons. The highest BCUT2D eigenvalue weighted by atomic mass is 32.2. The van der Waals surface area contributed by atoms with Crippen molar-refractivity contribution in [2.75, 3.05) is 0 Å². The summed E-state index contributed by atoms with van der Waals surface area (Å²) in [6.45, 7) is 2.66. The zero-order chi connectivity index (χ0) is 22.5. The molecule has 5 rings (SSSR count). The summed E-state index contributed by atoms with van der Waals surface area (Å²) < 4.78 is 30.9. The highest BCUT2D eigenvalue weighted by Gasteiger charge is 2.16. The minimum absolute atomic E-state index is 0.0282. The number of imidazole rings is 1. The summed E-state index contributed by atoms with van der Waals surface area (Å²) in [5, 5.41) is 8.99. The molecule has 3 aromatic carbocycles. The predicted molar refractivity (Wildman–Crippen MR) is 126 cm³/mol. The minimum Gasteiger partial charge on any atom is -0.423 e. The highest BCUT2D eigenvalue weighted by Crippen LogP contribution is 2.33. The van der Waals surface area contributed by atoms with E-state index in [1.807, 2.05) is 47.9 Å². The van der Waals surface area contributed by atoms with Crippen LogP contribution in [0.15, 0.2) is 79.9 Å². The third-order valence-electron chi connectivity index (χ3n) is 5.40. The lowest BCUT2D eigenvalue weighted by Gasteiger charge is -2.09. The Balaban J connectivity index is 1.60. The monoisotopic (exact) mass is 465 g/mol. The maximum absolute atomic E-state index is 12.2. The van der Waals surface area contributed by atoms with E-state index in [-0.39, 0.29) is 4.90 Å². The number of benzene rings is 3. The van der Waals surface area contributed by atoms with Crippen LogP contribution in [-0.2, 0) is 22.3 Å². The normalized spacial score (nSPS) is 12.2. The lowest BCUT2D eigenvalue weighted by atomic mass is 10.0. The fourth-order valence-corrected chi connectivity index (χ4v) is 5.55. The molecule has 0 bridgehead atoms. The van der Waals surface area contributed by atoms with Gasteiger partial charge in [0.1, 0.15) is 5.58 Å². The first-order valence-electron chi connectivity index (χ1n) is 9.95. The molecule has 0 aliphatic rings. The number of thioether (sulfide) groups is 1. The van der Waals surface area contributed by atoms with Gasteiger partial charge in [-0.05, 0) is 47.5 Å². The van der Waals surface area contributed by atoms with E-state index in [0.29, 0.717) is 23.4 Å². The number of hydrogen-bond donors (Lipinski definition) is 1. The average molecular weight is 466 g/mol. The van der Waals surface area contributed by atoms with Gasteiger partial charge in [-0.1, -0.05) is 42.1 Å². The van der Waals surface area contributed by atoms with Crippen LogP contribution in [-0.4, -0.2) is 18.0 Å². The molecular weight excluding hydrogens is 446 g/mol. The van der Waals surface area contributed by atoms with Crippen LogP contribution in [0.25, 0.3) is 32.8 Å². The highest BCUT2D eigenvalue weighted by molar-refractivity contribution is 7.98. The van der Waals surface area contributed by atoms with Crippen molar-refractivity contribution >= 4 is 54.6 Å². The molecule has 0 saturated heterocycles. The van der Waals surface area contributed by atoms with Crippen molar-refractivity contribution < 1.29 is 12.8 Å². The minimum atomic E-state index is -3.81. The van der Waals surface area contributed by atoms with E-state index < -0.39 is 15.6 Å². The first kappa shape index (κ1) is 20.7. The maximum Gasteiger partial charge on any atom is 0.336 e. The third kappa shape index (κ3) is 3.58. The van der Waals surface area contributed by atoms with E-state index in [9.17, 15) is 13.2 Å². The topological polar surface area (TPSA) is 108 Å². The molecule has 0 atom stereocenters. The predicted octanol–water partition coefficient (Wildman–Crippen LogP) is 4.26. The van der Waals surface area contributed by atoms with Crippen LogP contribution in [0, 0.1) is 0 Å². The second-order valence-electron chi connectivity index (χ2n) is 7.37. The maximum atomic E-state index is 12.2. The van der Waals surface area contributed by atoms with Crippen molar-refractivity contribution in [3.05, 3.63) is 76.6 Å². The van der Waals surface area contributed by atoms with Crippen LogP contribution < -0.4 is 10.8 Å². The number of nitrogens with zero attached hydrogens (tertiary/aromatic N) is 2. The van der Waals surface area contributed by atoms with E-state index in [4.69, 9.17) is 9.56 Å². The Morgan fingerprint density at radius 2 is 1.91 bits per heavy atom. The Kier molecular flexibility index (Phi) is 5.04.